The van der Waals surface area contributed by atoms with Crippen molar-refractivity contribution >= 4 is 5.91 Å². The normalized spacial score (nSPS) is 24.2. The van der Waals surface area contributed by atoms with Gasteiger partial charge in [-0.3, -0.25) is 4.79 Å². The highest BCUT2D eigenvalue weighted by atomic mass is 16.1. The fourth-order valence-electron chi connectivity index (χ4n) is 2.69. The van der Waals surface area contributed by atoms with Crippen molar-refractivity contribution in [2.24, 2.45) is 11.8 Å². The van der Waals surface area contributed by atoms with Crippen molar-refractivity contribution < 1.29 is 4.79 Å². The first-order chi connectivity index (χ1) is 8.65. The minimum atomic E-state index is 0.146. The van der Waals surface area contributed by atoms with Gasteiger partial charge in [0.15, 0.2) is 0 Å². The lowest BCUT2D eigenvalue weighted by Gasteiger charge is -2.26. The van der Waals surface area contributed by atoms with Crippen LogP contribution in [0.1, 0.15) is 59.3 Å². The number of carbonyl (C=O) groups is 1. The molecule has 1 amide bonds. The van der Waals surface area contributed by atoms with E-state index >= 15 is 0 Å². The Morgan fingerprint density at radius 2 is 1.78 bits per heavy atom. The van der Waals surface area contributed by atoms with Gasteiger partial charge in [-0.25, -0.2) is 0 Å². The van der Waals surface area contributed by atoms with Gasteiger partial charge in [0.1, 0.15) is 0 Å². The van der Waals surface area contributed by atoms with Crippen LogP contribution in [0.15, 0.2) is 0 Å². The van der Waals surface area contributed by atoms with E-state index in [4.69, 9.17) is 0 Å². The molecule has 1 fully saturated rings. The van der Waals surface area contributed by atoms with E-state index in [1.165, 1.54) is 25.7 Å². The van der Waals surface area contributed by atoms with Crippen molar-refractivity contribution in [3.63, 3.8) is 0 Å². The van der Waals surface area contributed by atoms with Crippen molar-refractivity contribution in [2.45, 2.75) is 65.3 Å². The van der Waals surface area contributed by atoms with E-state index in [1.54, 1.807) is 0 Å². The van der Waals surface area contributed by atoms with Gasteiger partial charge in [0.05, 0.1) is 6.54 Å². The molecule has 2 N–H and O–H groups in total. The number of rotatable bonds is 7. The van der Waals surface area contributed by atoms with E-state index in [0.29, 0.717) is 12.6 Å². The monoisotopic (exact) mass is 254 g/mol. The third kappa shape index (κ3) is 5.85. The van der Waals surface area contributed by atoms with Crippen LogP contribution >= 0.6 is 0 Å². The molecule has 0 spiro atoms. The summed E-state index contributed by atoms with van der Waals surface area (Å²) in [5.74, 6) is 1.83. The Morgan fingerprint density at radius 3 is 2.33 bits per heavy atom. The third-order valence-corrected chi connectivity index (χ3v) is 4.20. The molecular formula is C15H30N2O. The van der Waals surface area contributed by atoms with Crippen LogP contribution in [0, 0.1) is 11.8 Å². The average molecular weight is 254 g/mol. The van der Waals surface area contributed by atoms with Crippen molar-refractivity contribution in [1.29, 1.82) is 0 Å². The van der Waals surface area contributed by atoms with Crippen molar-refractivity contribution in [3.05, 3.63) is 0 Å². The lowest BCUT2D eigenvalue weighted by atomic mass is 9.83. The molecule has 18 heavy (non-hydrogen) atoms. The van der Waals surface area contributed by atoms with Crippen LogP contribution in [0.25, 0.3) is 0 Å². The lowest BCUT2D eigenvalue weighted by molar-refractivity contribution is -0.121. The Kier molecular flexibility index (Phi) is 7.33. The van der Waals surface area contributed by atoms with Crippen LogP contribution in [-0.2, 0) is 4.79 Å². The van der Waals surface area contributed by atoms with E-state index in [-0.39, 0.29) is 5.91 Å². The fourth-order valence-corrected chi connectivity index (χ4v) is 2.69. The van der Waals surface area contributed by atoms with Crippen LogP contribution in [0.4, 0.5) is 0 Å². The highest BCUT2D eigenvalue weighted by Gasteiger charge is 2.18. The predicted molar refractivity (Wildman–Crippen MR) is 76.5 cm³/mol. The van der Waals surface area contributed by atoms with Crippen molar-refractivity contribution in [1.82, 2.24) is 10.6 Å². The largest absolute Gasteiger partial charge is 0.352 e. The van der Waals surface area contributed by atoms with Gasteiger partial charge in [0.25, 0.3) is 0 Å². The van der Waals surface area contributed by atoms with E-state index < -0.39 is 0 Å². The summed E-state index contributed by atoms with van der Waals surface area (Å²) in [7, 11) is 0. The minimum Gasteiger partial charge on any atom is -0.352 e. The Balaban J connectivity index is 2.08. The quantitative estimate of drug-likeness (QED) is 0.733. The molecule has 0 aromatic rings. The smallest absolute Gasteiger partial charge is 0.234 e. The van der Waals surface area contributed by atoms with E-state index in [2.05, 4.69) is 31.4 Å². The molecule has 0 aliphatic heterocycles. The van der Waals surface area contributed by atoms with Gasteiger partial charge in [-0.2, -0.15) is 0 Å². The van der Waals surface area contributed by atoms with E-state index in [0.717, 1.165) is 31.2 Å². The molecule has 1 aliphatic rings. The maximum atomic E-state index is 11.7. The Hall–Kier alpha value is -0.570. The van der Waals surface area contributed by atoms with Crippen molar-refractivity contribution in [2.75, 3.05) is 13.1 Å². The number of hydrogen-bond donors (Lipinski definition) is 2. The van der Waals surface area contributed by atoms with Gasteiger partial charge >= 0.3 is 0 Å². The maximum absolute atomic E-state index is 11.7. The number of amides is 1. The molecule has 3 heteroatoms. The van der Waals surface area contributed by atoms with Gasteiger partial charge in [-0.05, 0) is 44.1 Å². The van der Waals surface area contributed by atoms with Crippen LogP contribution in [0.5, 0.6) is 0 Å². The molecule has 3 nitrogen and oxygen atoms in total. The molecule has 0 unspecified atom stereocenters. The maximum Gasteiger partial charge on any atom is 0.234 e. The molecule has 1 rings (SSSR count). The minimum absolute atomic E-state index is 0.146. The van der Waals surface area contributed by atoms with Crippen LogP contribution < -0.4 is 10.6 Å². The fraction of sp³-hybridized carbons (Fsp3) is 0.933. The summed E-state index contributed by atoms with van der Waals surface area (Å²) in [6.45, 7) is 8.05. The highest BCUT2D eigenvalue weighted by molar-refractivity contribution is 5.78. The SMILES string of the molecule is CCC(CC)NC(=O)CNCC1CCC(C)CC1. The topological polar surface area (TPSA) is 41.1 Å². The standard InChI is InChI=1S/C15H30N2O/c1-4-14(5-2)17-15(18)11-16-10-13-8-6-12(3)7-9-13/h12-14,16H,4-11H2,1-3H3,(H,17,18). The zero-order valence-electron chi connectivity index (χ0n) is 12.3. The summed E-state index contributed by atoms with van der Waals surface area (Å²) in [5.41, 5.74) is 0. The molecule has 0 atom stereocenters. The Labute approximate surface area is 112 Å². The molecule has 0 bridgehead atoms. The molecule has 1 aliphatic carbocycles. The molecule has 0 aromatic heterocycles. The summed E-state index contributed by atoms with van der Waals surface area (Å²) in [6, 6.07) is 0.342. The van der Waals surface area contributed by atoms with Crippen LogP contribution in [-0.4, -0.2) is 25.0 Å². The lowest BCUT2D eigenvalue weighted by Crippen LogP contribution is -2.41. The molecule has 0 radical (unpaired) electrons. The summed E-state index contributed by atoms with van der Waals surface area (Å²) in [5, 5.41) is 6.37. The zero-order chi connectivity index (χ0) is 13.4. The summed E-state index contributed by atoms with van der Waals surface area (Å²) in [4.78, 5) is 11.7. The van der Waals surface area contributed by atoms with Crippen LogP contribution in [0.2, 0.25) is 0 Å². The molecule has 0 aromatic carbocycles. The van der Waals surface area contributed by atoms with Gasteiger partial charge < -0.3 is 10.6 Å². The highest BCUT2D eigenvalue weighted by Crippen LogP contribution is 2.27. The average Bonchev–Trinajstić information content (AvgIpc) is 2.38. The van der Waals surface area contributed by atoms with Gasteiger partial charge in [-0.1, -0.05) is 33.6 Å². The third-order valence-electron chi connectivity index (χ3n) is 4.20. The van der Waals surface area contributed by atoms with Crippen molar-refractivity contribution in [3.8, 4) is 0 Å². The first-order valence-electron chi connectivity index (χ1n) is 7.65. The summed E-state index contributed by atoms with van der Waals surface area (Å²) < 4.78 is 0. The Morgan fingerprint density at radius 1 is 1.17 bits per heavy atom. The van der Waals surface area contributed by atoms with Gasteiger partial charge in [-0.15, -0.1) is 0 Å². The number of nitrogens with one attached hydrogen (secondary N) is 2. The van der Waals surface area contributed by atoms with E-state index in [9.17, 15) is 4.79 Å². The van der Waals surface area contributed by atoms with Gasteiger partial charge in [0.2, 0.25) is 5.91 Å². The van der Waals surface area contributed by atoms with E-state index in [1.807, 2.05) is 0 Å². The zero-order valence-corrected chi connectivity index (χ0v) is 12.3. The summed E-state index contributed by atoms with van der Waals surface area (Å²) in [6.07, 6.45) is 7.38. The second-order valence-electron chi connectivity index (χ2n) is 5.84. The molecule has 1 saturated carbocycles. The first kappa shape index (κ1) is 15.5. The Bertz CT molecular complexity index is 231. The summed E-state index contributed by atoms with van der Waals surface area (Å²) >= 11 is 0. The molecular weight excluding hydrogens is 224 g/mol. The van der Waals surface area contributed by atoms with Gasteiger partial charge in [0, 0.05) is 6.04 Å². The second-order valence-corrected chi connectivity index (χ2v) is 5.84. The molecule has 0 saturated heterocycles. The molecule has 0 heterocycles. The number of carbonyl (C=O) groups excluding carboxylic acids is 1. The first-order valence-corrected chi connectivity index (χ1v) is 7.65. The van der Waals surface area contributed by atoms with Crippen LogP contribution in [0.3, 0.4) is 0 Å². The molecule has 106 valence electrons. The predicted octanol–water partition coefficient (Wildman–Crippen LogP) is 2.71. The second kappa shape index (κ2) is 8.52. The number of hydrogen-bond acceptors (Lipinski definition) is 2.